The lowest BCUT2D eigenvalue weighted by Crippen LogP contribution is -2.14. The summed E-state index contributed by atoms with van der Waals surface area (Å²) in [5.41, 5.74) is 3.59. The summed E-state index contributed by atoms with van der Waals surface area (Å²) in [6, 6.07) is 23.5. The molecular weight excluding hydrogens is 313 g/mol. The fraction of sp³-hybridized carbons (Fsp3) is 0.0455. The van der Waals surface area contributed by atoms with E-state index in [0.717, 1.165) is 11.1 Å². The van der Waals surface area contributed by atoms with E-state index in [2.05, 4.69) is 5.32 Å². The van der Waals surface area contributed by atoms with Gasteiger partial charge in [0.05, 0.1) is 0 Å². The van der Waals surface area contributed by atoms with Crippen LogP contribution in [0.25, 0.3) is 11.6 Å². The highest BCUT2D eigenvalue weighted by Gasteiger charge is 2.13. The van der Waals surface area contributed by atoms with Gasteiger partial charge >= 0.3 is 0 Å². The molecule has 0 atom stereocenters. The molecule has 0 spiro atoms. The van der Waals surface area contributed by atoms with E-state index in [0.29, 0.717) is 16.8 Å². The molecule has 3 aromatic carbocycles. The zero-order valence-electron chi connectivity index (χ0n) is 13.9. The van der Waals surface area contributed by atoms with Gasteiger partial charge < -0.3 is 5.32 Å². The number of benzene rings is 3. The topological polar surface area (TPSA) is 29.1 Å². The summed E-state index contributed by atoms with van der Waals surface area (Å²) in [4.78, 5) is 12.9. The molecule has 3 rings (SSSR count). The Morgan fingerprint density at radius 2 is 1.56 bits per heavy atom. The van der Waals surface area contributed by atoms with Crippen molar-refractivity contribution in [2.45, 2.75) is 6.92 Å². The van der Waals surface area contributed by atoms with Crippen LogP contribution in [0, 0.1) is 12.7 Å². The first-order valence-electron chi connectivity index (χ1n) is 8.03. The van der Waals surface area contributed by atoms with Crippen LogP contribution in [-0.2, 0) is 4.79 Å². The van der Waals surface area contributed by atoms with Crippen LogP contribution in [0.1, 0.15) is 16.7 Å². The number of anilines is 1. The van der Waals surface area contributed by atoms with E-state index in [-0.39, 0.29) is 11.7 Å². The van der Waals surface area contributed by atoms with Gasteiger partial charge in [0.25, 0.3) is 5.91 Å². The molecule has 0 aliphatic carbocycles. The van der Waals surface area contributed by atoms with Crippen LogP contribution in [0.4, 0.5) is 10.1 Å². The molecule has 1 N–H and O–H groups in total. The average Bonchev–Trinajstić information content (AvgIpc) is 2.63. The van der Waals surface area contributed by atoms with Crippen molar-refractivity contribution in [1.29, 1.82) is 0 Å². The van der Waals surface area contributed by atoms with Crippen molar-refractivity contribution in [3.8, 4) is 0 Å². The van der Waals surface area contributed by atoms with Crippen molar-refractivity contribution in [2.24, 2.45) is 0 Å². The van der Waals surface area contributed by atoms with Crippen molar-refractivity contribution in [2.75, 3.05) is 5.32 Å². The van der Waals surface area contributed by atoms with Gasteiger partial charge in [-0.25, -0.2) is 4.39 Å². The van der Waals surface area contributed by atoms with Gasteiger partial charge in [-0.15, -0.1) is 0 Å². The smallest absolute Gasteiger partial charge is 0.256 e. The lowest BCUT2D eigenvalue weighted by molar-refractivity contribution is -0.111. The molecule has 0 aliphatic rings. The average molecular weight is 331 g/mol. The number of nitrogens with one attached hydrogen (secondary N) is 1. The van der Waals surface area contributed by atoms with Gasteiger partial charge in [-0.05, 0) is 47.9 Å². The van der Waals surface area contributed by atoms with Crippen LogP contribution in [0.15, 0.2) is 78.9 Å². The van der Waals surface area contributed by atoms with Gasteiger partial charge in [0.2, 0.25) is 0 Å². The molecule has 0 saturated carbocycles. The van der Waals surface area contributed by atoms with Crippen molar-refractivity contribution in [3.63, 3.8) is 0 Å². The number of hydrogen-bond donors (Lipinski definition) is 1. The van der Waals surface area contributed by atoms with E-state index in [9.17, 15) is 9.18 Å². The SMILES string of the molecule is Cc1cc(F)ccc1NC(=O)/C(=C/c1ccccc1)c1ccccc1. The zero-order chi connectivity index (χ0) is 17.6. The summed E-state index contributed by atoms with van der Waals surface area (Å²) in [6.07, 6.45) is 1.85. The van der Waals surface area contributed by atoms with Crippen LogP contribution in [0.5, 0.6) is 0 Å². The molecule has 0 radical (unpaired) electrons. The largest absolute Gasteiger partial charge is 0.322 e. The summed E-state index contributed by atoms with van der Waals surface area (Å²) in [5.74, 6) is -0.552. The number of carbonyl (C=O) groups excluding carboxylic acids is 1. The Hall–Kier alpha value is -3.20. The first-order chi connectivity index (χ1) is 12.1. The molecule has 0 bridgehead atoms. The van der Waals surface area contributed by atoms with Crippen LogP contribution in [-0.4, -0.2) is 5.91 Å². The maximum Gasteiger partial charge on any atom is 0.256 e. The molecular formula is C22H18FNO. The minimum atomic E-state index is -0.321. The van der Waals surface area contributed by atoms with Crippen molar-refractivity contribution in [3.05, 3.63) is 101 Å². The van der Waals surface area contributed by atoms with Gasteiger partial charge in [-0.1, -0.05) is 60.7 Å². The van der Waals surface area contributed by atoms with Gasteiger partial charge in [-0.3, -0.25) is 4.79 Å². The third-order valence-electron chi connectivity index (χ3n) is 3.88. The number of amides is 1. The minimum Gasteiger partial charge on any atom is -0.322 e. The predicted molar refractivity (Wildman–Crippen MR) is 101 cm³/mol. The van der Waals surface area contributed by atoms with Crippen molar-refractivity contribution in [1.82, 2.24) is 0 Å². The maximum atomic E-state index is 13.3. The predicted octanol–water partition coefficient (Wildman–Crippen LogP) is 5.31. The highest BCUT2D eigenvalue weighted by atomic mass is 19.1. The lowest BCUT2D eigenvalue weighted by atomic mass is 10.0. The summed E-state index contributed by atoms with van der Waals surface area (Å²) in [6.45, 7) is 1.77. The van der Waals surface area contributed by atoms with E-state index >= 15 is 0 Å². The van der Waals surface area contributed by atoms with E-state index in [1.807, 2.05) is 66.7 Å². The third-order valence-corrected chi connectivity index (χ3v) is 3.88. The number of carbonyl (C=O) groups is 1. The molecule has 124 valence electrons. The van der Waals surface area contributed by atoms with Crippen LogP contribution in [0.2, 0.25) is 0 Å². The molecule has 3 aromatic rings. The fourth-order valence-corrected chi connectivity index (χ4v) is 2.57. The Balaban J connectivity index is 1.97. The van der Waals surface area contributed by atoms with Crippen molar-refractivity contribution < 1.29 is 9.18 Å². The molecule has 25 heavy (non-hydrogen) atoms. The van der Waals surface area contributed by atoms with E-state index in [1.165, 1.54) is 12.1 Å². The van der Waals surface area contributed by atoms with E-state index in [1.54, 1.807) is 13.0 Å². The number of hydrogen-bond acceptors (Lipinski definition) is 1. The molecule has 0 aliphatic heterocycles. The van der Waals surface area contributed by atoms with E-state index in [4.69, 9.17) is 0 Å². The Kier molecular flexibility index (Phi) is 5.05. The van der Waals surface area contributed by atoms with Crippen LogP contribution >= 0.6 is 0 Å². The van der Waals surface area contributed by atoms with Crippen molar-refractivity contribution >= 4 is 23.2 Å². The van der Waals surface area contributed by atoms with Gasteiger partial charge in [0.15, 0.2) is 0 Å². The Labute approximate surface area is 146 Å². The first kappa shape index (κ1) is 16.7. The lowest BCUT2D eigenvalue weighted by Gasteiger charge is -2.12. The second-order valence-electron chi connectivity index (χ2n) is 5.75. The highest BCUT2D eigenvalue weighted by Crippen LogP contribution is 2.22. The summed E-state index contributed by atoms with van der Waals surface area (Å²) >= 11 is 0. The fourth-order valence-electron chi connectivity index (χ4n) is 2.57. The Morgan fingerprint density at radius 3 is 2.20 bits per heavy atom. The molecule has 0 fully saturated rings. The van der Waals surface area contributed by atoms with Crippen LogP contribution < -0.4 is 5.32 Å². The molecule has 0 unspecified atom stereocenters. The van der Waals surface area contributed by atoms with Gasteiger partial charge in [-0.2, -0.15) is 0 Å². The standard InChI is InChI=1S/C22H18FNO/c1-16-14-19(23)12-13-21(16)24-22(25)20(18-10-6-3-7-11-18)15-17-8-4-2-5-9-17/h2-15H,1H3,(H,24,25)/b20-15+. The third kappa shape index (κ3) is 4.21. The molecule has 0 aromatic heterocycles. The highest BCUT2D eigenvalue weighted by molar-refractivity contribution is 6.29. The number of rotatable bonds is 4. The second-order valence-corrected chi connectivity index (χ2v) is 5.75. The number of aryl methyl sites for hydroxylation is 1. The minimum absolute atomic E-state index is 0.232. The van der Waals surface area contributed by atoms with Gasteiger partial charge in [0.1, 0.15) is 5.82 Å². The molecule has 2 nitrogen and oxygen atoms in total. The second kappa shape index (κ2) is 7.58. The normalized spacial score (nSPS) is 11.2. The zero-order valence-corrected chi connectivity index (χ0v) is 13.9. The Morgan fingerprint density at radius 1 is 0.920 bits per heavy atom. The summed E-state index contributed by atoms with van der Waals surface area (Å²) in [5, 5.41) is 2.88. The summed E-state index contributed by atoms with van der Waals surface area (Å²) < 4.78 is 13.3. The van der Waals surface area contributed by atoms with E-state index < -0.39 is 0 Å². The summed E-state index contributed by atoms with van der Waals surface area (Å²) in [7, 11) is 0. The monoisotopic (exact) mass is 331 g/mol. The quantitative estimate of drug-likeness (QED) is 0.509. The van der Waals surface area contributed by atoms with Gasteiger partial charge in [0, 0.05) is 11.3 Å². The number of halogens is 1. The molecule has 3 heteroatoms. The molecule has 0 saturated heterocycles. The molecule has 0 heterocycles. The van der Waals surface area contributed by atoms with Crippen LogP contribution in [0.3, 0.4) is 0 Å². The maximum absolute atomic E-state index is 13.3. The Bertz CT molecular complexity index is 902. The first-order valence-corrected chi connectivity index (χ1v) is 8.03. The molecule has 1 amide bonds.